The van der Waals surface area contributed by atoms with E-state index in [1.165, 1.54) is 167 Å². The first-order valence-electron chi connectivity index (χ1n) is 17.9. The molecule has 238 valence electrons. The van der Waals surface area contributed by atoms with Gasteiger partial charge in [-0.3, -0.25) is 9.59 Å². The van der Waals surface area contributed by atoms with Gasteiger partial charge in [0, 0.05) is 12.8 Å². The highest BCUT2D eigenvalue weighted by molar-refractivity contribution is 5.85. The van der Waals surface area contributed by atoms with Crippen molar-refractivity contribution in [3.63, 3.8) is 0 Å². The van der Waals surface area contributed by atoms with E-state index in [0.29, 0.717) is 12.8 Å². The smallest absolute Gasteiger partial charge is 0.313 e. The Kier molecular flexibility index (Phi) is 38.4. The molecule has 0 amide bonds. The van der Waals surface area contributed by atoms with Crippen molar-refractivity contribution in [2.75, 3.05) is 0 Å². The maximum atomic E-state index is 11.9. The molecular formula is C36H73AlO3. The first kappa shape index (κ1) is 41.8. The number of ether oxygens (including phenoxy) is 1. The van der Waals surface area contributed by atoms with Gasteiger partial charge in [-0.15, -0.1) is 0 Å². The Bertz CT molecular complexity index is 464. The molecule has 0 aliphatic rings. The van der Waals surface area contributed by atoms with E-state index < -0.39 is 0 Å². The van der Waals surface area contributed by atoms with E-state index in [1.54, 1.807) is 0 Å². The van der Waals surface area contributed by atoms with Gasteiger partial charge in [0.15, 0.2) is 17.4 Å². The van der Waals surface area contributed by atoms with Crippen LogP contribution in [0.15, 0.2) is 0 Å². The number of carbonyl (C=O) groups is 2. The van der Waals surface area contributed by atoms with Gasteiger partial charge in [-0.25, -0.2) is 0 Å². The normalized spacial score (nSPS) is 10.9. The van der Waals surface area contributed by atoms with Gasteiger partial charge in [-0.05, 0) is 12.8 Å². The molecule has 0 unspecified atom stereocenters. The fourth-order valence-corrected chi connectivity index (χ4v) is 5.51. The predicted octanol–water partition coefficient (Wildman–Crippen LogP) is 11.4. The van der Waals surface area contributed by atoms with Crippen LogP contribution in [0, 0.1) is 0 Å². The number of carbonyl (C=O) groups excluding carboxylic acids is 2. The molecule has 0 fully saturated rings. The zero-order valence-corrected chi connectivity index (χ0v) is 26.9. The second-order valence-electron chi connectivity index (χ2n) is 12.2. The van der Waals surface area contributed by atoms with Crippen LogP contribution in [-0.2, 0) is 14.3 Å². The Morgan fingerprint density at radius 3 is 0.700 bits per heavy atom. The van der Waals surface area contributed by atoms with Gasteiger partial charge in [0.25, 0.3) is 0 Å². The molecule has 4 heteroatoms. The van der Waals surface area contributed by atoms with E-state index in [1.807, 2.05) is 0 Å². The van der Waals surface area contributed by atoms with Crippen molar-refractivity contribution >= 4 is 29.3 Å². The van der Waals surface area contributed by atoms with E-state index in [9.17, 15) is 9.59 Å². The Hall–Kier alpha value is -0.328. The van der Waals surface area contributed by atoms with E-state index in [0.717, 1.165) is 25.7 Å². The van der Waals surface area contributed by atoms with Gasteiger partial charge < -0.3 is 4.74 Å². The topological polar surface area (TPSA) is 43.4 Å². The van der Waals surface area contributed by atoms with Crippen LogP contribution in [0.5, 0.6) is 0 Å². The zero-order chi connectivity index (χ0) is 28.5. The SMILES string of the molecule is CCCCCCCCCCCCCCCCCC(=O)OC(=O)CCCCCCCCCCCCCCCCC.[AlH3]. The lowest BCUT2D eigenvalue weighted by Gasteiger charge is -2.05. The summed E-state index contributed by atoms with van der Waals surface area (Å²) in [6.45, 7) is 4.55. The molecule has 0 saturated heterocycles. The van der Waals surface area contributed by atoms with Crippen LogP contribution in [-0.4, -0.2) is 29.3 Å². The largest absolute Gasteiger partial charge is 0.393 e. The van der Waals surface area contributed by atoms with Gasteiger partial charge in [0.1, 0.15) is 0 Å². The van der Waals surface area contributed by atoms with E-state index in [4.69, 9.17) is 4.74 Å². The summed E-state index contributed by atoms with van der Waals surface area (Å²) in [6.07, 6.45) is 40.1. The first-order valence-corrected chi connectivity index (χ1v) is 17.9. The average Bonchev–Trinajstić information content (AvgIpc) is 2.93. The van der Waals surface area contributed by atoms with E-state index >= 15 is 0 Å². The summed E-state index contributed by atoms with van der Waals surface area (Å²) >= 11 is 0. The van der Waals surface area contributed by atoms with Crippen LogP contribution in [0.2, 0.25) is 0 Å². The van der Waals surface area contributed by atoms with Gasteiger partial charge >= 0.3 is 11.9 Å². The van der Waals surface area contributed by atoms with Gasteiger partial charge in [-0.1, -0.05) is 194 Å². The lowest BCUT2D eigenvalue weighted by molar-refractivity contribution is -0.159. The maximum Gasteiger partial charge on any atom is 0.313 e. The van der Waals surface area contributed by atoms with E-state index in [-0.39, 0.29) is 29.3 Å². The van der Waals surface area contributed by atoms with Crippen LogP contribution >= 0.6 is 0 Å². The molecule has 0 radical (unpaired) electrons. The highest BCUT2D eigenvalue weighted by Crippen LogP contribution is 2.15. The van der Waals surface area contributed by atoms with Crippen molar-refractivity contribution in [2.45, 2.75) is 219 Å². The van der Waals surface area contributed by atoms with Crippen LogP contribution < -0.4 is 0 Å². The van der Waals surface area contributed by atoms with Crippen LogP contribution in [0.3, 0.4) is 0 Å². The molecule has 0 aliphatic heterocycles. The summed E-state index contributed by atoms with van der Waals surface area (Å²) < 4.78 is 5.01. The zero-order valence-electron chi connectivity index (χ0n) is 26.9. The molecule has 0 spiro atoms. The Balaban J connectivity index is 0. The monoisotopic (exact) mass is 581 g/mol. The number of esters is 2. The summed E-state index contributed by atoms with van der Waals surface area (Å²) in [6, 6.07) is 0. The molecule has 0 aromatic carbocycles. The van der Waals surface area contributed by atoms with Gasteiger partial charge in [-0.2, -0.15) is 0 Å². The number of unbranched alkanes of at least 4 members (excludes halogenated alkanes) is 28. The predicted molar refractivity (Wildman–Crippen MR) is 180 cm³/mol. The second kappa shape index (κ2) is 36.7. The molecule has 0 aliphatic carbocycles. The van der Waals surface area contributed by atoms with Crippen molar-refractivity contribution < 1.29 is 14.3 Å². The minimum atomic E-state index is -0.323. The first-order chi connectivity index (χ1) is 19.2. The van der Waals surface area contributed by atoms with Gasteiger partial charge in [0.05, 0.1) is 0 Å². The summed E-state index contributed by atoms with van der Waals surface area (Å²) in [5, 5.41) is 0. The number of hydrogen-bond donors (Lipinski definition) is 0. The molecule has 0 saturated carbocycles. The lowest BCUT2D eigenvalue weighted by Crippen LogP contribution is -2.11. The number of rotatable bonds is 32. The molecule has 0 bridgehead atoms. The molecule has 40 heavy (non-hydrogen) atoms. The molecule has 3 nitrogen and oxygen atoms in total. The maximum absolute atomic E-state index is 11.9. The van der Waals surface area contributed by atoms with Crippen molar-refractivity contribution in [3.8, 4) is 0 Å². The molecule has 0 aromatic rings. The summed E-state index contributed by atoms with van der Waals surface area (Å²) in [5.74, 6) is -0.647. The van der Waals surface area contributed by atoms with Crippen LogP contribution in [0.1, 0.15) is 219 Å². The van der Waals surface area contributed by atoms with Crippen molar-refractivity contribution in [1.82, 2.24) is 0 Å². The van der Waals surface area contributed by atoms with Crippen molar-refractivity contribution in [3.05, 3.63) is 0 Å². The summed E-state index contributed by atoms with van der Waals surface area (Å²) in [7, 11) is 0. The average molecular weight is 581 g/mol. The molecule has 0 heterocycles. The molecule has 0 atom stereocenters. The minimum absolute atomic E-state index is 0. The fourth-order valence-electron chi connectivity index (χ4n) is 5.51. The molecule has 0 aromatic heterocycles. The Morgan fingerprint density at radius 1 is 0.325 bits per heavy atom. The quantitative estimate of drug-likeness (QED) is 0.0344. The number of hydrogen-bond acceptors (Lipinski definition) is 3. The van der Waals surface area contributed by atoms with Crippen LogP contribution in [0.25, 0.3) is 0 Å². The standard InChI is InChI=1S/C36H70O3.Al.3H/c1-3-5-7-9-11-13-15-17-19-21-23-25-27-29-31-33-35(37)39-36(38)34-32-30-28-26-24-22-20-18-16-14-12-10-8-6-4-2;;;;/h3-34H2,1-2H3;;;;. The van der Waals surface area contributed by atoms with Crippen molar-refractivity contribution in [2.24, 2.45) is 0 Å². The Morgan fingerprint density at radius 2 is 0.500 bits per heavy atom. The second-order valence-corrected chi connectivity index (χ2v) is 12.2. The van der Waals surface area contributed by atoms with Crippen LogP contribution in [0.4, 0.5) is 0 Å². The minimum Gasteiger partial charge on any atom is -0.393 e. The third-order valence-corrected chi connectivity index (χ3v) is 8.20. The molecule has 0 N–H and O–H groups in total. The summed E-state index contributed by atoms with van der Waals surface area (Å²) in [4.78, 5) is 23.8. The third-order valence-electron chi connectivity index (χ3n) is 8.20. The fraction of sp³-hybridized carbons (Fsp3) is 0.944. The van der Waals surface area contributed by atoms with Gasteiger partial charge in [0.2, 0.25) is 0 Å². The highest BCUT2D eigenvalue weighted by atomic mass is 27.0. The lowest BCUT2D eigenvalue weighted by atomic mass is 10.0. The van der Waals surface area contributed by atoms with E-state index in [2.05, 4.69) is 13.8 Å². The third kappa shape index (κ3) is 35.7. The molecule has 0 rings (SSSR count). The highest BCUT2D eigenvalue weighted by Gasteiger charge is 2.09. The molecular weight excluding hydrogens is 507 g/mol. The Labute approximate surface area is 262 Å². The van der Waals surface area contributed by atoms with Crippen molar-refractivity contribution in [1.29, 1.82) is 0 Å². The summed E-state index contributed by atoms with van der Waals surface area (Å²) in [5.41, 5.74) is 0.